The fourth-order valence-electron chi connectivity index (χ4n) is 1.30. The third-order valence-corrected chi connectivity index (χ3v) is 2.03. The zero-order valence-corrected chi connectivity index (χ0v) is 8.20. The fourth-order valence-corrected chi connectivity index (χ4v) is 1.30. The first-order valence-corrected chi connectivity index (χ1v) is 4.69. The van der Waals surface area contributed by atoms with Gasteiger partial charge in [-0.25, -0.2) is 0 Å². The van der Waals surface area contributed by atoms with Crippen molar-refractivity contribution in [3.63, 3.8) is 0 Å². The van der Waals surface area contributed by atoms with Crippen molar-refractivity contribution in [2.24, 2.45) is 5.73 Å². The SMILES string of the molecule is NCC#Cc1ccc(-c2ccn[nH]2)cc1. The van der Waals surface area contributed by atoms with E-state index < -0.39 is 0 Å². The van der Waals surface area contributed by atoms with Crippen molar-refractivity contribution >= 4 is 0 Å². The molecule has 0 radical (unpaired) electrons. The summed E-state index contributed by atoms with van der Waals surface area (Å²) in [7, 11) is 0. The third-order valence-electron chi connectivity index (χ3n) is 2.03. The Bertz CT molecular complexity index is 472. The van der Waals surface area contributed by atoms with Crippen molar-refractivity contribution in [3.05, 3.63) is 42.1 Å². The molecule has 1 aromatic carbocycles. The molecule has 0 unspecified atom stereocenters. The van der Waals surface area contributed by atoms with Gasteiger partial charge in [0.05, 0.1) is 12.2 Å². The highest BCUT2D eigenvalue weighted by Gasteiger charge is 1.96. The highest BCUT2D eigenvalue weighted by molar-refractivity contribution is 5.59. The van der Waals surface area contributed by atoms with Crippen molar-refractivity contribution in [3.8, 4) is 23.1 Å². The Morgan fingerprint density at radius 1 is 1.20 bits per heavy atom. The maximum absolute atomic E-state index is 5.30. The molecule has 74 valence electrons. The molecule has 0 aliphatic heterocycles. The Morgan fingerprint density at radius 2 is 2.00 bits per heavy atom. The van der Waals surface area contributed by atoms with Crippen LogP contribution in [0.25, 0.3) is 11.3 Å². The maximum Gasteiger partial charge on any atom is 0.0650 e. The summed E-state index contributed by atoms with van der Waals surface area (Å²) >= 11 is 0. The molecule has 2 aromatic rings. The summed E-state index contributed by atoms with van der Waals surface area (Å²) in [4.78, 5) is 0. The summed E-state index contributed by atoms with van der Waals surface area (Å²) in [5.41, 5.74) is 8.38. The second-order valence-electron chi connectivity index (χ2n) is 3.05. The zero-order valence-electron chi connectivity index (χ0n) is 8.20. The smallest absolute Gasteiger partial charge is 0.0650 e. The summed E-state index contributed by atoms with van der Waals surface area (Å²) in [6, 6.07) is 9.89. The molecule has 2 rings (SSSR count). The van der Waals surface area contributed by atoms with Crippen molar-refractivity contribution in [1.29, 1.82) is 0 Å². The standard InChI is InChI=1S/C12H11N3/c13-8-1-2-10-3-5-11(6-4-10)12-7-9-14-15-12/h3-7,9H,8,13H2,(H,14,15). The molecule has 0 bridgehead atoms. The van der Waals surface area contributed by atoms with Gasteiger partial charge in [0.2, 0.25) is 0 Å². The largest absolute Gasteiger partial charge is 0.320 e. The molecule has 3 heteroatoms. The van der Waals surface area contributed by atoms with E-state index in [-0.39, 0.29) is 0 Å². The van der Waals surface area contributed by atoms with E-state index in [4.69, 9.17) is 5.73 Å². The molecule has 0 fully saturated rings. The Morgan fingerprint density at radius 3 is 2.60 bits per heavy atom. The van der Waals surface area contributed by atoms with Crippen molar-refractivity contribution in [1.82, 2.24) is 10.2 Å². The summed E-state index contributed by atoms with van der Waals surface area (Å²) in [5, 5.41) is 6.81. The first-order valence-electron chi connectivity index (χ1n) is 4.69. The Labute approximate surface area is 88.3 Å². The molecular formula is C12H11N3. The number of H-pyrrole nitrogens is 1. The van der Waals surface area contributed by atoms with Gasteiger partial charge >= 0.3 is 0 Å². The van der Waals surface area contributed by atoms with E-state index in [1.54, 1.807) is 6.20 Å². The Hall–Kier alpha value is -2.05. The van der Waals surface area contributed by atoms with Crippen LogP contribution in [0, 0.1) is 11.8 Å². The minimum absolute atomic E-state index is 0.391. The van der Waals surface area contributed by atoms with E-state index >= 15 is 0 Å². The van der Waals surface area contributed by atoms with Crippen molar-refractivity contribution in [2.75, 3.05) is 6.54 Å². The van der Waals surface area contributed by atoms with Crippen LogP contribution < -0.4 is 5.73 Å². The van der Waals surface area contributed by atoms with E-state index in [2.05, 4.69) is 22.0 Å². The normalized spacial score (nSPS) is 9.40. The molecule has 0 aliphatic rings. The molecule has 3 N–H and O–H groups in total. The molecule has 15 heavy (non-hydrogen) atoms. The third kappa shape index (κ3) is 2.25. The first kappa shape index (κ1) is 9.50. The van der Waals surface area contributed by atoms with Crippen LogP contribution in [0.1, 0.15) is 5.56 Å². The number of hydrogen-bond donors (Lipinski definition) is 2. The van der Waals surface area contributed by atoms with Gasteiger partial charge in [0.15, 0.2) is 0 Å². The topological polar surface area (TPSA) is 54.7 Å². The average Bonchev–Trinajstić information content (AvgIpc) is 2.80. The number of hydrogen-bond acceptors (Lipinski definition) is 2. The summed E-state index contributed by atoms with van der Waals surface area (Å²) in [5.74, 6) is 5.79. The van der Waals surface area contributed by atoms with E-state index in [1.165, 1.54) is 0 Å². The van der Waals surface area contributed by atoms with Crippen LogP contribution in [0.15, 0.2) is 36.5 Å². The fraction of sp³-hybridized carbons (Fsp3) is 0.0833. The molecule has 0 aliphatic carbocycles. The summed E-state index contributed by atoms with van der Waals surface area (Å²) in [6.07, 6.45) is 1.73. The minimum Gasteiger partial charge on any atom is -0.320 e. The van der Waals surface area contributed by atoms with Gasteiger partial charge in [-0.15, -0.1) is 0 Å². The lowest BCUT2D eigenvalue weighted by Crippen LogP contribution is -1.92. The molecular weight excluding hydrogens is 186 g/mol. The van der Waals surface area contributed by atoms with Gasteiger partial charge in [0.25, 0.3) is 0 Å². The second kappa shape index (κ2) is 4.45. The van der Waals surface area contributed by atoms with Gasteiger partial charge in [-0.05, 0) is 23.8 Å². The Balaban J connectivity index is 2.25. The molecule has 0 spiro atoms. The molecule has 1 heterocycles. The van der Waals surface area contributed by atoms with Crippen LogP contribution in [0.5, 0.6) is 0 Å². The highest BCUT2D eigenvalue weighted by Crippen LogP contribution is 2.15. The van der Waals surface area contributed by atoms with Gasteiger partial charge in [-0.3, -0.25) is 5.10 Å². The maximum atomic E-state index is 5.30. The number of aromatic amines is 1. The predicted molar refractivity (Wildman–Crippen MR) is 60.0 cm³/mol. The minimum atomic E-state index is 0.391. The van der Waals surface area contributed by atoms with Gasteiger partial charge in [-0.1, -0.05) is 24.0 Å². The van der Waals surface area contributed by atoms with Crippen LogP contribution >= 0.6 is 0 Å². The van der Waals surface area contributed by atoms with Gasteiger partial charge in [-0.2, -0.15) is 5.10 Å². The van der Waals surface area contributed by atoms with E-state index in [0.717, 1.165) is 16.8 Å². The molecule has 0 saturated heterocycles. The van der Waals surface area contributed by atoms with E-state index in [0.29, 0.717) is 6.54 Å². The number of aromatic nitrogens is 2. The monoisotopic (exact) mass is 197 g/mol. The van der Waals surface area contributed by atoms with Gasteiger partial charge < -0.3 is 5.73 Å². The lowest BCUT2D eigenvalue weighted by Gasteiger charge is -1.96. The van der Waals surface area contributed by atoms with Gasteiger partial charge in [0, 0.05) is 11.8 Å². The number of benzene rings is 1. The van der Waals surface area contributed by atoms with Crippen LogP contribution in [0.4, 0.5) is 0 Å². The number of nitrogens with one attached hydrogen (secondary N) is 1. The highest BCUT2D eigenvalue weighted by atomic mass is 15.1. The predicted octanol–water partition coefficient (Wildman–Crippen LogP) is 1.39. The van der Waals surface area contributed by atoms with Crippen LogP contribution in [-0.2, 0) is 0 Å². The van der Waals surface area contributed by atoms with E-state index in [1.807, 2.05) is 30.3 Å². The van der Waals surface area contributed by atoms with Crippen LogP contribution in [0.2, 0.25) is 0 Å². The summed E-state index contributed by atoms with van der Waals surface area (Å²) < 4.78 is 0. The summed E-state index contributed by atoms with van der Waals surface area (Å²) in [6.45, 7) is 0.391. The average molecular weight is 197 g/mol. The molecule has 0 atom stereocenters. The number of nitrogens with two attached hydrogens (primary N) is 1. The van der Waals surface area contributed by atoms with Crippen molar-refractivity contribution < 1.29 is 0 Å². The molecule has 0 saturated carbocycles. The molecule has 1 aromatic heterocycles. The first-order chi connectivity index (χ1) is 7.40. The lowest BCUT2D eigenvalue weighted by molar-refractivity contribution is 1.10. The van der Waals surface area contributed by atoms with Crippen LogP contribution in [0.3, 0.4) is 0 Å². The van der Waals surface area contributed by atoms with Gasteiger partial charge in [0.1, 0.15) is 0 Å². The Kier molecular flexibility index (Phi) is 2.82. The lowest BCUT2D eigenvalue weighted by atomic mass is 10.1. The zero-order chi connectivity index (χ0) is 10.5. The van der Waals surface area contributed by atoms with E-state index in [9.17, 15) is 0 Å². The van der Waals surface area contributed by atoms with Crippen molar-refractivity contribution in [2.45, 2.75) is 0 Å². The second-order valence-corrected chi connectivity index (χ2v) is 3.05. The number of rotatable bonds is 1. The molecule has 3 nitrogen and oxygen atoms in total. The number of nitrogens with zero attached hydrogens (tertiary/aromatic N) is 1. The quantitative estimate of drug-likeness (QED) is 0.679. The molecule has 0 amide bonds. The van der Waals surface area contributed by atoms with Crippen LogP contribution in [-0.4, -0.2) is 16.7 Å².